The number of methoxy groups -OCH3 is 1. The molecule has 2 N–H and O–H groups in total. The Balaban J connectivity index is 2.43. The summed E-state index contributed by atoms with van der Waals surface area (Å²) in [4.78, 5) is 0. The Labute approximate surface area is 93.9 Å². The van der Waals surface area contributed by atoms with Gasteiger partial charge in [-0.1, -0.05) is 12.1 Å². The highest BCUT2D eigenvalue weighted by molar-refractivity contribution is 7.97. The van der Waals surface area contributed by atoms with Crippen LogP contribution in [0.15, 0.2) is 40.8 Å². The summed E-state index contributed by atoms with van der Waals surface area (Å²) in [6.45, 7) is 0. The molecule has 2 rings (SSSR count). The molecule has 0 bridgehead atoms. The maximum Gasteiger partial charge on any atom is 0.195 e. The normalized spacial score (nSPS) is 17.8. The van der Waals surface area contributed by atoms with E-state index in [9.17, 15) is 8.42 Å². The molecule has 16 heavy (non-hydrogen) atoms. The molecular weight excluding hydrogens is 226 g/mol. The van der Waals surface area contributed by atoms with Crippen LogP contribution in [0.2, 0.25) is 0 Å². The molecular formula is C11H11NO3S. The second-order valence-electron chi connectivity index (χ2n) is 3.42. The summed E-state index contributed by atoms with van der Waals surface area (Å²) in [7, 11) is -1.72. The van der Waals surface area contributed by atoms with Crippen LogP contribution in [0.5, 0.6) is 5.75 Å². The largest absolute Gasteiger partial charge is 0.497 e. The van der Waals surface area contributed by atoms with Crippen LogP contribution >= 0.6 is 0 Å². The highest BCUT2D eigenvalue weighted by Gasteiger charge is 2.18. The molecule has 1 aromatic carbocycles. The summed E-state index contributed by atoms with van der Waals surface area (Å²) < 4.78 is 27.6. The first-order valence-electron chi connectivity index (χ1n) is 4.60. The molecule has 0 saturated heterocycles. The van der Waals surface area contributed by atoms with Crippen LogP contribution in [-0.2, 0) is 9.84 Å². The lowest BCUT2D eigenvalue weighted by molar-refractivity contribution is 0.415. The maximum atomic E-state index is 11.3. The molecule has 0 atom stereocenters. The molecule has 5 heteroatoms. The Bertz CT molecular complexity index is 568. The fourth-order valence-corrected chi connectivity index (χ4v) is 2.66. The lowest BCUT2D eigenvalue weighted by Gasteiger charge is -2.04. The monoisotopic (exact) mass is 237 g/mol. The number of rotatable bonds is 2. The van der Waals surface area contributed by atoms with Crippen LogP contribution < -0.4 is 10.5 Å². The van der Waals surface area contributed by atoms with Gasteiger partial charge in [-0.15, -0.1) is 0 Å². The topological polar surface area (TPSA) is 69.4 Å². The minimum atomic E-state index is -3.29. The van der Waals surface area contributed by atoms with Gasteiger partial charge in [0.05, 0.1) is 18.2 Å². The van der Waals surface area contributed by atoms with Crippen molar-refractivity contribution in [2.45, 2.75) is 0 Å². The van der Waals surface area contributed by atoms with E-state index in [2.05, 4.69) is 0 Å². The summed E-state index contributed by atoms with van der Waals surface area (Å²) in [5.74, 6) is 0.716. The zero-order chi connectivity index (χ0) is 11.8. The number of sulfone groups is 1. The van der Waals surface area contributed by atoms with Crippen molar-refractivity contribution < 1.29 is 13.2 Å². The Morgan fingerprint density at radius 3 is 2.19 bits per heavy atom. The summed E-state index contributed by atoms with van der Waals surface area (Å²) in [5, 5.41) is 2.23. The summed E-state index contributed by atoms with van der Waals surface area (Å²) in [5.41, 5.74) is 7.20. The average Bonchev–Trinajstić information content (AvgIpc) is 2.52. The zero-order valence-corrected chi connectivity index (χ0v) is 9.49. The number of hydrogen-bond acceptors (Lipinski definition) is 4. The summed E-state index contributed by atoms with van der Waals surface area (Å²) >= 11 is 0. The minimum Gasteiger partial charge on any atom is -0.497 e. The van der Waals surface area contributed by atoms with Crippen LogP contribution in [0.3, 0.4) is 0 Å². The van der Waals surface area contributed by atoms with Crippen LogP contribution in [0.1, 0.15) is 5.56 Å². The van der Waals surface area contributed by atoms with Crippen molar-refractivity contribution in [1.29, 1.82) is 0 Å². The Morgan fingerprint density at radius 2 is 1.75 bits per heavy atom. The molecule has 0 amide bonds. The highest BCUT2D eigenvalue weighted by atomic mass is 32.2. The van der Waals surface area contributed by atoms with Crippen molar-refractivity contribution in [3.63, 3.8) is 0 Å². The molecule has 0 aromatic heterocycles. The van der Waals surface area contributed by atoms with Crippen molar-refractivity contribution in [2.24, 2.45) is 5.73 Å². The van der Waals surface area contributed by atoms with Gasteiger partial charge < -0.3 is 10.5 Å². The third-order valence-corrected chi connectivity index (χ3v) is 3.43. The van der Waals surface area contributed by atoms with E-state index in [1.165, 1.54) is 5.41 Å². The van der Waals surface area contributed by atoms with E-state index in [1.54, 1.807) is 31.4 Å². The quantitative estimate of drug-likeness (QED) is 0.840. The van der Waals surface area contributed by atoms with E-state index in [0.717, 1.165) is 11.0 Å². The first-order chi connectivity index (χ1) is 7.52. The van der Waals surface area contributed by atoms with E-state index in [0.29, 0.717) is 11.3 Å². The van der Waals surface area contributed by atoms with E-state index in [4.69, 9.17) is 10.5 Å². The van der Waals surface area contributed by atoms with Crippen molar-refractivity contribution in [3.8, 4) is 5.75 Å². The van der Waals surface area contributed by atoms with E-state index >= 15 is 0 Å². The molecule has 0 radical (unpaired) electrons. The Hall–Kier alpha value is -1.75. The van der Waals surface area contributed by atoms with Gasteiger partial charge in [-0.3, -0.25) is 0 Å². The van der Waals surface area contributed by atoms with Crippen LogP contribution in [0.4, 0.5) is 0 Å². The van der Waals surface area contributed by atoms with Gasteiger partial charge >= 0.3 is 0 Å². The Morgan fingerprint density at radius 1 is 1.12 bits per heavy atom. The van der Waals surface area contributed by atoms with Gasteiger partial charge in [0.1, 0.15) is 5.75 Å². The lowest BCUT2D eigenvalue weighted by Crippen LogP contribution is -1.97. The number of ether oxygens (including phenoxy) is 1. The summed E-state index contributed by atoms with van der Waals surface area (Å²) in [6.07, 6.45) is 0. The van der Waals surface area contributed by atoms with Gasteiger partial charge in [-0.25, -0.2) is 8.42 Å². The van der Waals surface area contributed by atoms with Crippen LogP contribution in [0, 0.1) is 0 Å². The second-order valence-corrected chi connectivity index (χ2v) is 5.07. The van der Waals surface area contributed by atoms with E-state index in [1.807, 2.05) is 0 Å². The third kappa shape index (κ3) is 1.94. The standard InChI is InChI=1S/C11H11NO3S/c1-15-9-4-2-8(3-5-9)10-6-16(13,14)7-11(10)12/h2-7H,12H2,1H3. The predicted molar refractivity (Wildman–Crippen MR) is 62.2 cm³/mol. The van der Waals surface area contributed by atoms with Gasteiger partial charge in [0, 0.05) is 11.0 Å². The molecule has 84 valence electrons. The van der Waals surface area contributed by atoms with E-state index < -0.39 is 9.84 Å². The first-order valence-corrected chi connectivity index (χ1v) is 6.21. The van der Waals surface area contributed by atoms with Gasteiger partial charge in [0.25, 0.3) is 0 Å². The SMILES string of the molecule is COc1ccc(C2=CS(=O)(=O)C=C2N)cc1. The molecule has 4 nitrogen and oxygen atoms in total. The fraction of sp³-hybridized carbons (Fsp3) is 0.0909. The van der Waals surface area contributed by atoms with Crippen LogP contribution in [-0.4, -0.2) is 15.5 Å². The summed E-state index contributed by atoms with van der Waals surface area (Å²) in [6, 6.07) is 7.06. The molecule has 0 spiro atoms. The average molecular weight is 237 g/mol. The molecule has 1 aliphatic heterocycles. The molecule has 0 saturated carbocycles. The molecule has 1 aromatic rings. The Kier molecular flexibility index (Phi) is 2.47. The smallest absolute Gasteiger partial charge is 0.195 e. The second kappa shape index (κ2) is 3.68. The molecule has 0 fully saturated rings. The molecule has 1 aliphatic rings. The number of benzene rings is 1. The van der Waals surface area contributed by atoms with Crippen LogP contribution in [0.25, 0.3) is 5.57 Å². The number of nitrogens with two attached hydrogens (primary N) is 1. The predicted octanol–water partition coefficient (Wildman–Crippen LogP) is 1.26. The van der Waals surface area contributed by atoms with Crippen molar-refractivity contribution in [2.75, 3.05) is 7.11 Å². The first kappa shape index (κ1) is 10.8. The molecule has 0 aliphatic carbocycles. The van der Waals surface area contributed by atoms with Gasteiger partial charge in [0.2, 0.25) is 0 Å². The lowest BCUT2D eigenvalue weighted by atomic mass is 10.1. The van der Waals surface area contributed by atoms with Gasteiger partial charge in [0.15, 0.2) is 9.84 Å². The van der Waals surface area contributed by atoms with Crippen molar-refractivity contribution in [3.05, 3.63) is 46.3 Å². The highest BCUT2D eigenvalue weighted by Crippen LogP contribution is 2.28. The van der Waals surface area contributed by atoms with E-state index in [-0.39, 0.29) is 5.70 Å². The third-order valence-electron chi connectivity index (χ3n) is 2.29. The molecule has 0 unspecified atom stereocenters. The minimum absolute atomic E-state index is 0.269. The van der Waals surface area contributed by atoms with Crippen molar-refractivity contribution in [1.82, 2.24) is 0 Å². The van der Waals surface area contributed by atoms with Gasteiger partial charge in [-0.2, -0.15) is 0 Å². The molecule has 1 heterocycles. The van der Waals surface area contributed by atoms with Crippen molar-refractivity contribution >= 4 is 15.4 Å². The zero-order valence-electron chi connectivity index (χ0n) is 8.67. The number of hydrogen-bond donors (Lipinski definition) is 1. The van der Waals surface area contributed by atoms with Gasteiger partial charge in [-0.05, 0) is 17.7 Å². The maximum absolute atomic E-state index is 11.3. The fourth-order valence-electron chi connectivity index (χ4n) is 1.51. The number of allylic oxidation sites excluding steroid dienone is 1.